The van der Waals surface area contributed by atoms with Gasteiger partial charge in [-0.2, -0.15) is 0 Å². The van der Waals surface area contributed by atoms with E-state index < -0.39 is 21.9 Å². The van der Waals surface area contributed by atoms with Gasteiger partial charge in [0.1, 0.15) is 0 Å². The number of carbonyl (C=O) groups excluding carboxylic acids is 1. The van der Waals surface area contributed by atoms with Gasteiger partial charge in [0.15, 0.2) is 0 Å². The molecule has 0 heterocycles. The number of anilines is 1. The molecule has 0 bridgehead atoms. The second kappa shape index (κ2) is 7.83. The van der Waals surface area contributed by atoms with E-state index in [1.54, 1.807) is 19.9 Å². The number of sulfonamides is 1. The van der Waals surface area contributed by atoms with Crippen molar-refractivity contribution in [1.29, 1.82) is 0 Å². The molecular weight excluding hydrogens is 382 g/mol. The van der Waals surface area contributed by atoms with Gasteiger partial charge in [0.2, 0.25) is 10.0 Å². The Morgan fingerprint density at radius 1 is 1.11 bits per heavy atom. The van der Waals surface area contributed by atoms with Crippen molar-refractivity contribution in [2.24, 2.45) is 16.8 Å². The summed E-state index contributed by atoms with van der Waals surface area (Å²) in [7, 11) is -3.86. The van der Waals surface area contributed by atoms with Crippen molar-refractivity contribution in [1.82, 2.24) is 0 Å². The number of amides is 1. The SMILES string of the molecule is CC(C)/C(=C\c1cc(C(N)=O)c(N)c(-c2ccc(S(N)(=O)=O)cc2)c1)C(=O)O. The molecule has 148 valence electrons. The molecule has 9 heteroatoms. The first-order valence-electron chi connectivity index (χ1n) is 8.23. The molecule has 0 atom stereocenters. The van der Waals surface area contributed by atoms with E-state index in [1.165, 1.54) is 36.4 Å². The Morgan fingerprint density at radius 2 is 1.68 bits per heavy atom. The van der Waals surface area contributed by atoms with Crippen LogP contribution in [0.5, 0.6) is 0 Å². The summed E-state index contributed by atoms with van der Waals surface area (Å²) < 4.78 is 22.8. The predicted molar refractivity (Wildman–Crippen MR) is 107 cm³/mol. The van der Waals surface area contributed by atoms with Crippen molar-refractivity contribution in [2.75, 3.05) is 5.73 Å². The van der Waals surface area contributed by atoms with Gasteiger partial charge < -0.3 is 16.6 Å². The van der Waals surface area contributed by atoms with Crippen LogP contribution in [-0.2, 0) is 14.8 Å². The van der Waals surface area contributed by atoms with E-state index in [0.717, 1.165) is 0 Å². The zero-order chi connectivity index (χ0) is 21.2. The third-order valence-corrected chi connectivity index (χ3v) is 5.08. The highest BCUT2D eigenvalue weighted by Gasteiger charge is 2.17. The van der Waals surface area contributed by atoms with E-state index in [4.69, 9.17) is 16.6 Å². The number of carboxylic acid groups (broad SMARTS) is 1. The molecule has 0 aliphatic heterocycles. The molecule has 2 rings (SSSR count). The number of hydrogen-bond donors (Lipinski definition) is 4. The summed E-state index contributed by atoms with van der Waals surface area (Å²) in [5, 5.41) is 14.5. The summed E-state index contributed by atoms with van der Waals surface area (Å²) in [5.74, 6) is -2.10. The Kier molecular flexibility index (Phi) is 5.91. The molecule has 0 saturated carbocycles. The molecule has 0 unspecified atom stereocenters. The Balaban J connectivity index is 2.71. The van der Waals surface area contributed by atoms with Gasteiger partial charge in [-0.3, -0.25) is 4.79 Å². The Bertz CT molecular complexity index is 1070. The van der Waals surface area contributed by atoms with E-state index in [9.17, 15) is 23.1 Å². The summed E-state index contributed by atoms with van der Waals surface area (Å²) in [6, 6.07) is 8.64. The van der Waals surface area contributed by atoms with Gasteiger partial charge in [-0.25, -0.2) is 18.4 Å². The molecule has 0 fully saturated rings. The maximum absolute atomic E-state index is 11.8. The summed E-state index contributed by atoms with van der Waals surface area (Å²) in [4.78, 5) is 23.2. The predicted octanol–water partition coefficient (Wildman–Crippen LogP) is 1.81. The van der Waals surface area contributed by atoms with Crippen LogP contribution in [0.4, 0.5) is 5.69 Å². The van der Waals surface area contributed by atoms with Crippen LogP contribution in [0.25, 0.3) is 17.2 Å². The lowest BCUT2D eigenvalue weighted by molar-refractivity contribution is -0.133. The number of hydrogen-bond acceptors (Lipinski definition) is 5. The smallest absolute Gasteiger partial charge is 0.331 e. The molecule has 7 N–H and O–H groups in total. The molecule has 0 aliphatic carbocycles. The van der Waals surface area contributed by atoms with Crippen molar-refractivity contribution in [3.8, 4) is 11.1 Å². The number of primary sulfonamides is 1. The molecule has 0 aliphatic rings. The molecule has 8 nitrogen and oxygen atoms in total. The van der Waals surface area contributed by atoms with Crippen LogP contribution in [0, 0.1) is 5.92 Å². The topological polar surface area (TPSA) is 167 Å². The van der Waals surface area contributed by atoms with Crippen molar-refractivity contribution in [2.45, 2.75) is 18.7 Å². The minimum Gasteiger partial charge on any atom is -0.478 e. The third kappa shape index (κ3) is 4.56. The zero-order valence-corrected chi connectivity index (χ0v) is 16.2. The average Bonchev–Trinajstić information content (AvgIpc) is 2.59. The molecule has 28 heavy (non-hydrogen) atoms. The lowest BCUT2D eigenvalue weighted by atomic mass is 9.94. The molecule has 0 radical (unpaired) electrons. The molecule has 1 amide bonds. The Morgan fingerprint density at radius 3 is 2.11 bits per heavy atom. The Hall–Kier alpha value is -3.17. The first kappa shape index (κ1) is 21.1. The highest BCUT2D eigenvalue weighted by Crippen LogP contribution is 2.32. The van der Waals surface area contributed by atoms with E-state index in [0.29, 0.717) is 16.7 Å². The van der Waals surface area contributed by atoms with Crippen molar-refractivity contribution >= 4 is 33.7 Å². The first-order valence-corrected chi connectivity index (χ1v) is 9.78. The minimum absolute atomic E-state index is 0.0350. The van der Waals surface area contributed by atoms with Crippen LogP contribution >= 0.6 is 0 Å². The van der Waals surface area contributed by atoms with E-state index in [-0.39, 0.29) is 27.6 Å². The van der Waals surface area contributed by atoms with Gasteiger partial charge in [0, 0.05) is 11.1 Å². The second-order valence-electron chi connectivity index (χ2n) is 6.52. The van der Waals surface area contributed by atoms with Gasteiger partial charge in [-0.15, -0.1) is 0 Å². The fourth-order valence-electron chi connectivity index (χ4n) is 2.68. The van der Waals surface area contributed by atoms with Crippen LogP contribution in [0.2, 0.25) is 0 Å². The fourth-order valence-corrected chi connectivity index (χ4v) is 3.20. The van der Waals surface area contributed by atoms with Crippen LogP contribution < -0.4 is 16.6 Å². The lowest BCUT2D eigenvalue weighted by Gasteiger charge is -2.13. The number of benzene rings is 2. The first-order chi connectivity index (χ1) is 12.9. The number of carboxylic acids is 1. The van der Waals surface area contributed by atoms with Gasteiger partial charge in [0.25, 0.3) is 5.91 Å². The third-order valence-electron chi connectivity index (χ3n) is 4.15. The molecule has 0 saturated heterocycles. The highest BCUT2D eigenvalue weighted by atomic mass is 32.2. The highest BCUT2D eigenvalue weighted by molar-refractivity contribution is 7.89. The number of aliphatic carboxylic acids is 1. The summed E-state index contributed by atoms with van der Waals surface area (Å²) in [5.41, 5.74) is 13.1. The molecule has 0 spiro atoms. The summed E-state index contributed by atoms with van der Waals surface area (Å²) in [6.45, 7) is 3.47. The molecular formula is C19H21N3O5S. The van der Waals surface area contributed by atoms with Crippen LogP contribution in [0.1, 0.15) is 29.8 Å². The minimum atomic E-state index is -3.86. The number of primary amides is 1. The quantitative estimate of drug-likeness (QED) is 0.424. The molecule has 2 aromatic rings. The monoisotopic (exact) mass is 403 g/mol. The molecule has 2 aromatic carbocycles. The number of nitrogen functional groups attached to an aromatic ring is 1. The lowest BCUT2D eigenvalue weighted by Crippen LogP contribution is -2.15. The van der Waals surface area contributed by atoms with Crippen LogP contribution in [-0.4, -0.2) is 25.4 Å². The average molecular weight is 403 g/mol. The van der Waals surface area contributed by atoms with Gasteiger partial charge >= 0.3 is 5.97 Å². The Labute approximate surface area is 162 Å². The van der Waals surface area contributed by atoms with E-state index in [2.05, 4.69) is 0 Å². The number of carbonyl (C=O) groups is 2. The number of nitrogens with two attached hydrogens (primary N) is 3. The molecule has 0 aromatic heterocycles. The van der Waals surface area contributed by atoms with Crippen LogP contribution in [0.3, 0.4) is 0 Å². The van der Waals surface area contributed by atoms with Gasteiger partial charge in [-0.1, -0.05) is 26.0 Å². The summed E-state index contributed by atoms with van der Waals surface area (Å²) >= 11 is 0. The van der Waals surface area contributed by atoms with Crippen molar-refractivity contribution in [3.05, 3.63) is 53.1 Å². The normalized spacial score (nSPS) is 12.2. The van der Waals surface area contributed by atoms with Gasteiger partial charge in [0.05, 0.1) is 16.1 Å². The maximum atomic E-state index is 11.8. The van der Waals surface area contributed by atoms with E-state index in [1.807, 2.05) is 0 Å². The fraction of sp³-hybridized carbons (Fsp3) is 0.158. The largest absolute Gasteiger partial charge is 0.478 e. The second-order valence-corrected chi connectivity index (χ2v) is 8.08. The van der Waals surface area contributed by atoms with Crippen LogP contribution in [0.15, 0.2) is 46.9 Å². The summed E-state index contributed by atoms with van der Waals surface area (Å²) in [6.07, 6.45) is 1.45. The maximum Gasteiger partial charge on any atom is 0.331 e. The van der Waals surface area contributed by atoms with Crippen molar-refractivity contribution in [3.63, 3.8) is 0 Å². The number of rotatable bonds is 6. The van der Waals surface area contributed by atoms with Crippen molar-refractivity contribution < 1.29 is 23.1 Å². The van der Waals surface area contributed by atoms with Gasteiger partial charge in [-0.05, 0) is 47.4 Å². The van der Waals surface area contributed by atoms with E-state index >= 15 is 0 Å². The standard InChI is InChI=1S/C19H21N3O5S/c1-10(2)14(19(24)25)7-11-8-15(17(20)16(9-11)18(21)23)12-3-5-13(6-4-12)28(22,26)27/h3-10H,20H2,1-2H3,(H2,21,23)(H,24,25)(H2,22,26,27)/b14-7+. The zero-order valence-electron chi connectivity index (χ0n) is 15.3.